The van der Waals surface area contributed by atoms with Gasteiger partial charge in [0, 0.05) is 22.3 Å². The summed E-state index contributed by atoms with van der Waals surface area (Å²) in [5, 5.41) is 2.43. The molecule has 3 nitrogen and oxygen atoms in total. The van der Waals surface area contributed by atoms with Gasteiger partial charge in [-0.1, -0.05) is 189 Å². The Labute approximate surface area is 338 Å². The highest BCUT2D eigenvalue weighted by molar-refractivity contribution is 6.10. The molecule has 58 heavy (non-hydrogen) atoms. The Morgan fingerprint density at radius 2 is 0.914 bits per heavy atom. The molecule has 0 N–H and O–H groups in total. The summed E-state index contributed by atoms with van der Waals surface area (Å²) in [5.41, 5.74) is 17.9. The Morgan fingerprint density at radius 1 is 0.431 bits per heavy atom. The first-order valence-corrected chi connectivity index (χ1v) is 20.3. The Bertz CT molecular complexity index is 3040. The van der Waals surface area contributed by atoms with Gasteiger partial charge in [-0.15, -0.1) is 0 Å². The van der Waals surface area contributed by atoms with E-state index in [0.29, 0.717) is 17.5 Å². The number of allylic oxidation sites excluding steroid dienone is 1. The predicted molar refractivity (Wildman–Crippen MR) is 237 cm³/mol. The lowest BCUT2D eigenvalue weighted by Crippen LogP contribution is -2.25. The van der Waals surface area contributed by atoms with Crippen LogP contribution in [0.5, 0.6) is 0 Å². The molecule has 1 spiro atoms. The SMILES string of the molecule is CC1CC=Cc2c1c(-c1nc(-c3ccccc3)nc(-c3ccccc3)n1)c(-c1ccc3c(c1)C1(c4ccccc4-c4ccccc41)c1ccccc1-3)c1ccccc21. The Balaban J connectivity index is 1.21. The first-order chi connectivity index (χ1) is 28.7. The number of fused-ring (bicyclic) bond motifs is 13. The zero-order valence-corrected chi connectivity index (χ0v) is 32.0. The summed E-state index contributed by atoms with van der Waals surface area (Å²) in [7, 11) is 0. The monoisotopic (exact) mass is 739 g/mol. The molecule has 0 aliphatic heterocycles. The Morgan fingerprint density at radius 3 is 1.50 bits per heavy atom. The molecule has 3 aliphatic carbocycles. The van der Waals surface area contributed by atoms with Gasteiger partial charge in [0.2, 0.25) is 0 Å². The van der Waals surface area contributed by atoms with Crippen LogP contribution < -0.4 is 0 Å². The fourth-order valence-corrected chi connectivity index (χ4v) is 10.4. The molecular formula is C55H37N3. The van der Waals surface area contributed by atoms with Crippen molar-refractivity contribution in [3.05, 3.63) is 215 Å². The molecule has 0 saturated heterocycles. The van der Waals surface area contributed by atoms with Crippen molar-refractivity contribution in [1.82, 2.24) is 15.0 Å². The van der Waals surface area contributed by atoms with Crippen LogP contribution in [0, 0.1) is 0 Å². The third-order valence-electron chi connectivity index (χ3n) is 12.8. The summed E-state index contributed by atoms with van der Waals surface area (Å²) in [4.78, 5) is 16.0. The maximum absolute atomic E-state index is 5.42. The van der Waals surface area contributed by atoms with E-state index >= 15 is 0 Å². The minimum atomic E-state index is -0.455. The van der Waals surface area contributed by atoms with Crippen LogP contribution in [0.2, 0.25) is 0 Å². The van der Waals surface area contributed by atoms with Gasteiger partial charge in [0.15, 0.2) is 17.5 Å². The maximum atomic E-state index is 5.42. The van der Waals surface area contributed by atoms with Crippen molar-refractivity contribution in [3.63, 3.8) is 0 Å². The van der Waals surface area contributed by atoms with Crippen molar-refractivity contribution >= 4 is 16.8 Å². The minimum Gasteiger partial charge on any atom is -0.208 e. The molecule has 1 heterocycles. The number of benzene rings is 8. The van der Waals surface area contributed by atoms with Gasteiger partial charge >= 0.3 is 0 Å². The Hall–Kier alpha value is -7.23. The van der Waals surface area contributed by atoms with Crippen molar-refractivity contribution in [1.29, 1.82) is 0 Å². The van der Waals surface area contributed by atoms with Crippen LogP contribution in [0.3, 0.4) is 0 Å². The van der Waals surface area contributed by atoms with E-state index in [1.54, 1.807) is 0 Å². The van der Waals surface area contributed by atoms with Gasteiger partial charge in [-0.3, -0.25) is 0 Å². The van der Waals surface area contributed by atoms with Gasteiger partial charge in [0.25, 0.3) is 0 Å². The van der Waals surface area contributed by atoms with Crippen molar-refractivity contribution in [2.75, 3.05) is 0 Å². The lowest BCUT2D eigenvalue weighted by Gasteiger charge is -2.31. The predicted octanol–water partition coefficient (Wildman–Crippen LogP) is 13.6. The summed E-state index contributed by atoms with van der Waals surface area (Å²) in [6.07, 6.45) is 5.59. The largest absolute Gasteiger partial charge is 0.208 e. The highest BCUT2D eigenvalue weighted by Crippen LogP contribution is 2.63. The van der Waals surface area contributed by atoms with Crippen LogP contribution in [0.4, 0.5) is 0 Å². The average molecular weight is 740 g/mol. The van der Waals surface area contributed by atoms with Crippen molar-refractivity contribution in [3.8, 4) is 67.5 Å². The first-order valence-electron chi connectivity index (χ1n) is 20.3. The Kier molecular flexibility index (Phi) is 7.18. The van der Waals surface area contributed by atoms with Gasteiger partial charge in [0.05, 0.1) is 5.41 Å². The van der Waals surface area contributed by atoms with Gasteiger partial charge in [-0.2, -0.15) is 0 Å². The average Bonchev–Trinajstić information content (AvgIpc) is 3.76. The van der Waals surface area contributed by atoms with E-state index in [1.807, 2.05) is 12.1 Å². The molecule has 0 amide bonds. The molecule has 0 radical (unpaired) electrons. The van der Waals surface area contributed by atoms with Crippen molar-refractivity contribution in [2.24, 2.45) is 0 Å². The van der Waals surface area contributed by atoms with Crippen LogP contribution in [0.15, 0.2) is 182 Å². The van der Waals surface area contributed by atoms with E-state index in [9.17, 15) is 0 Å². The number of hydrogen-bond donors (Lipinski definition) is 0. The third-order valence-corrected chi connectivity index (χ3v) is 12.8. The molecule has 0 bridgehead atoms. The summed E-state index contributed by atoms with van der Waals surface area (Å²) < 4.78 is 0. The summed E-state index contributed by atoms with van der Waals surface area (Å²) in [6, 6.07) is 63.9. The van der Waals surface area contributed by atoms with Crippen LogP contribution >= 0.6 is 0 Å². The van der Waals surface area contributed by atoms with Crippen LogP contribution in [0.25, 0.3) is 84.4 Å². The summed E-state index contributed by atoms with van der Waals surface area (Å²) in [6.45, 7) is 2.35. The topological polar surface area (TPSA) is 38.7 Å². The van der Waals surface area contributed by atoms with Crippen LogP contribution in [0.1, 0.15) is 52.6 Å². The second-order valence-electron chi connectivity index (χ2n) is 15.8. The fourth-order valence-electron chi connectivity index (χ4n) is 10.4. The second-order valence-corrected chi connectivity index (χ2v) is 15.8. The van der Waals surface area contributed by atoms with Gasteiger partial charge < -0.3 is 0 Å². The summed E-state index contributed by atoms with van der Waals surface area (Å²) >= 11 is 0. The third kappa shape index (κ3) is 4.59. The van der Waals surface area contributed by atoms with E-state index in [0.717, 1.165) is 34.2 Å². The molecule has 0 fully saturated rings. The quantitative estimate of drug-likeness (QED) is 0.180. The lowest BCUT2D eigenvalue weighted by molar-refractivity contribution is 0.774. The molecule has 1 unspecified atom stereocenters. The molecule has 8 aromatic carbocycles. The summed E-state index contributed by atoms with van der Waals surface area (Å²) in [5.74, 6) is 2.27. The van der Waals surface area contributed by atoms with Crippen molar-refractivity contribution in [2.45, 2.75) is 24.7 Å². The highest BCUT2D eigenvalue weighted by atomic mass is 15.0. The highest BCUT2D eigenvalue weighted by Gasteiger charge is 2.51. The smallest absolute Gasteiger partial charge is 0.165 e. The molecular weight excluding hydrogens is 703 g/mol. The zero-order valence-electron chi connectivity index (χ0n) is 32.0. The van der Waals surface area contributed by atoms with E-state index in [2.05, 4.69) is 183 Å². The van der Waals surface area contributed by atoms with Crippen LogP contribution in [-0.2, 0) is 5.41 Å². The molecule has 9 aromatic rings. The molecule has 12 rings (SSSR count). The second kappa shape index (κ2) is 12.6. The van der Waals surface area contributed by atoms with Crippen molar-refractivity contribution < 1.29 is 0 Å². The van der Waals surface area contributed by atoms with Gasteiger partial charge in [-0.25, -0.2) is 15.0 Å². The number of rotatable bonds is 4. The molecule has 1 aromatic heterocycles. The number of aromatic nitrogens is 3. The normalized spacial score (nSPS) is 15.2. The van der Waals surface area contributed by atoms with Gasteiger partial charge in [-0.05, 0) is 90.4 Å². The molecule has 3 heteroatoms. The molecule has 0 saturated carbocycles. The minimum absolute atomic E-state index is 0.245. The molecule has 272 valence electrons. The van der Waals surface area contributed by atoms with E-state index in [4.69, 9.17) is 15.0 Å². The van der Waals surface area contributed by atoms with Gasteiger partial charge in [0.1, 0.15) is 0 Å². The first kappa shape index (κ1) is 33.0. The lowest BCUT2D eigenvalue weighted by atomic mass is 9.70. The van der Waals surface area contributed by atoms with Crippen LogP contribution in [-0.4, -0.2) is 15.0 Å². The standard InChI is InChI=1S/C55H37N3/c1-34-17-16-27-43-38-22-8-9-26-44(38)50(51(49(34)43)54-57-52(35-18-4-2-5-19-35)56-53(58-54)36-20-6-3-7-21-36)37-31-32-42-41-25-12-15-30-47(41)55(48(42)33-37)45-28-13-10-23-39(45)40-24-11-14-29-46(40)55/h2-16,18-34H,17H2,1H3. The van der Waals surface area contributed by atoms with E-state index in [-0.39, 0.29) is 5.92 Å². The number of nitrogens with zero attached hydrogens (tertiary/aromatic N) is 3. The van der Waals surface area contributed by atoms with E-state index in [1.165, 1.54) is 66.4 Å². The fraction of sp³-hybridized carbons (Fsp3) is 0.0727. The molecule has 1 atom stereocenters. The molecule has 3 aliphatic rings. The maximum Gasteiger partial charge on any atom is 0.165 e. The van der Waals surface area contributed by atoms with E-state index < -0.39 is 5.41 Å². The zero-order chi connectivity index (χ0) is 38.4. The number of hydrogen-bond acceptors (Lipinski definition) is 3.